The monoisotopic (exact) mass is 293 g/mol. The van der Waals surface area contributed by atoms with Gasteiger partial charge in [0.15, 0.2) is 0 Å². The molecule has 0 fully saturated rings. The molecule has 1 heterocycles. The van der Waals surface area contributed by atoms with E-state index in [1.54, 1.807) is 29.9 Å². The number of hydrogen-bond acceptors (Lipinski definition) is 3. The summed E-state index contributed by atoms with van der Waals surface area (Å²) < 4.78 is 39.4. The second kappa shape index (κ2) is 4.47. The van der Waals surface area contributed by atoms with Crippen LogP contribution in [0, 0.1) is 0 Å². The lowest BCUT2D eigenvalue weighted by atomic mass is 10.0. The first kappa shape index (κ1) is 13.4. The number of phenols is 1. The van der Waals surface area contributed by atoms with E-state index in [0.717, 1.165) is 11.6 Å². The van der Waals surface area contributed by atoms with Crippen molar-refractivity contribution in [2.45, 2.75) is 6.18 Å². The molecular formula is C14H10F3N3O. The average molecular weight is 293 g/mol. The van der Waals surface area contributed by atoms with E-state index in [0.29, 0.717) is 17.1 Å². The number of hydrogen-bond donors (Lipinski definition) is 1. The largest absolute Gasteiger partial charge is 0.507 e. The third-order valence-corrected chi connectivity index (χ3v) is 3.26. The Morgan fingerprint density at radius 3 is 2.52 bits per heavy atom. The fraction of sp³-hybridized carbons (Fsp3) is 0.143. The lowest BCUT2D eigenvalue weighted by molar-refractivity contribution is -0.137. The summed E-state index contributed by atoms with van der Waals surface area (Å²) >= 11 is 0. The highest BCUT2D eigenvalue weighted by Crippen LogP contribution is 2.38. The first-order valence-electron chi connectivity index (χ1n) is 6.07. The Morgan fingerprint density at radius 1 is 1.10 bits per heavy atom. The lowest BCUT2D eigenvalue weighted by Gasteiger charge is -2.10. The van der Waals surface area contributed by atoms with E-state index in [1.165, 1.54) is 6.07 Å². The summed E-state index contributed by atoms with van der Waals surface area (Å²) in [5.41, 5.74) is 1.18. The zero-order chi connectivity index (χ0) is 15.2. The van der Waals surface area contributed by atoms with Crippen LogP contribution < -0.4 is 0 Å². The average Bonchev–Trinajstić information content (AvgIpc) is 2.80. The highest BCUT2D eigenvalue weighted by Gasteiger charge is 2.31. The van der Waals surface area contributed by atoms with Gasteiger partial charge in [-0.15, -0.1) is 5.10 Å². The van der Waals surface area contributed by atoms with Gasteiger partial charge < -0.3 is 5.11 Å². The number of nitrogens with zero attached hydrogens (tertiary/aromatic N) is 3. The van der Waals surface area contributed by atoms with Crippen molar-refractivity contribution < 1.29 is 18.3 Å². The summed E-state index contributed by atoms with van der Waals surface area (Å²) in [5, 5.41) is 17.8. The molecule has 0 aliphatic heterocycles. The molecule has 108 valence electrons. The van der Waals surface area contributed by atoms with Crippen molar-refractivity contribution in [2.24, 2.45) is 7.05 Å². The molecule has 21 heavy (non-hydrogen) atoms. The predicted molar refractivity (Wildman–Crippen MR) is 70.6 cm³/mol. The van der Waals surface area contributed by atoms with E-state index in [1.807, 2.05) is 0 Å². The van der Waals surface area contributed by atoms with Crippen LogP contribution in [-0.2, 0) is 13.2 Å². The summed E-state index contributed by atoms with van der Waals surface area (Å²) in [5.74, 6) is -0.442. The van der Waals surface area contributed by atoms with Crippen LogP contribution in [0.15, 0.2) is 36.4 Å². The fourth-order valence-corrected chi connectivity index (χ4v) is 2.21. The SMILES string of the molecule is Cn1nnc2c(-c3ccc(C(F)(F)F)cc3O)cccc21. The van der Waals surface area contributed by atoms with E-state index in [9.17, 15) is 18.3 Å². The van der Waals surface area contributed by atoms with Gasteiger partial charge in [-0.25, -0.2) is 4.68 Å². The Bertz CT molecular complexity index is 824. The smallest absolute Gasteiger partial charge is 0.416 e. The van der Waals surface area contributed by atoms with Gasteiger partial charge in [0.05, 0.1) is 11.1 Å². The van der Waals surface area contributed by atoms with E-state index < -0.39 is 17.5 Å². The Balaban J connectivity index is 2.20. The van der Waals surface area contributed by atoms with Gasteiger partial charge in [-0.2, -0.15) is 13.2 Å². The third-order valence-electron chi connectivity index (χ3n) is 3.26. The van der Waals surface area contributed by atoms with Gasteiger partial charge in [-0.1, -0.05) is 17.3 Å². The first-order chi connectivity index (χ1) is 9.88. The van der Waals surface area contributed by atoms with Crippen molar-refractivity contribution in [2.75, 3.05) is 0 Å². The van der Waals surface area contributed by atoms with Gasteiger partial charge >= 0.3 is 6.18 Å². The summed E-state index contributed by atoms with van der Waals surface area (Å²) in [6.07, 6.45) is -4.49. The van der Waals surface area contributed by atoms with E-state index in [2.05, 4.69) is 10.3 Å². The summed E-state index contributed by atoms with van der Waals surface area (Å²) in [7, 11) is 1.71. The van der Waals surface area contributed by atoms with E-state index in [-0.39, 0.29) is 5.56 Å². The maximum atomic E-state index is 12.6. The van der Waals surface area contributed by atoms with Gasteiger partial charge in [-0.05, 0) is 24.3 Å². The zero-order valence-electron chi connectivity index (χ0n) is 10.9. The molecule has 1 aromatic heterocycles. The Labute approximate surface area is 117 Å². The molecule has 0 amide bonds. The molecule has 1 N–H and O–H groups in total. The van der Waals surface area contributed by atoms with Crippen LogP contribution in [0.5, 0.6) is 5.75 Å². The summed E-state index contributed by atoms with van der Waals surface area (Å²) in [6.45, 7) is 0. The second-order valence-electron chi connectivity index (χ2n) is 4.62. The van der Waals surface area contributed by atoms with E-state index >= 15 is 0 Å². The van der Waals surface area contributed by atoms with Crippen LogP contribution in [0.4, 0.5) is 13.2 Å². The number of rotatable bonds is 1. The number of phenolic OH excluding ortho intramolecular Hbond substituents is 1. The molecule has 7 heteroatoms. The molecule has 0 aliphatic rings. The Morgan fingerprint density at radius 2 is 1.86 bits per heavy atom. The molecule has 0 atom stereocenters. The highest BCUT2D eigenvalue weighted by molar-refractivity contribution is 5.93. The van der Waals surface area contributed by atoms with Crippen LogP contribution in [0.3, 0.4) is 0 Å². The lowest BCUT2D eigenvalue weighted by Crippen LogP contribution is -2.04. The van der Waals surface area contributed by atoms with Crippen LogP contribution >= 0.6 is 0 Å². The molecule has 2 aromatic carbocycles. The standard InChI is InChI=1S/C14H10F3N3O/c1-20-11-4-2-3-10(13(11)18-19-20)9-6-5-8(7-12(9)21)14(15,16)17/h2-7,21H,1H3. The maximum Gasteiger partial charge on any atom is 0.416 e. The Kier molecular flexibility index (Phi) is 2.86. The predicted octanol–water partition coefficient (Wildman–Crippen LogP) is 3.36. The molecular weight excluding hydrogens is 283 g/mol. The van der Waals surface area contributed by atoms with Crippen molar-refractivity contribution >= 4 is 11.0 Å². The first-order valence-corrected chi connectivity index (χ1v) is 6.07. The minimum Gasteiger partial charge on any atom is -0.507 e. The zero-order valence-corrected chi connectivity index (χ0v) is 10.9. The Hall–Kier alpha value is -2.57. The van der Waals surface area contributed by atoms with Crippen molar-refractivity contribution in [3.8, 4) is 16.9 Å². The minimum absolute atomic E-state index is 0.286. The summed E-state index contributed by atoms with van der Waals surface area (Å²) in [4.78, 5) is 0. The van der Waals surface area contributed by atoms with Crippen LogP contribution in [0.25, 0.3) is 22.2 Å². The van der Waals surface area contributed by atoms with Gasteiger partial charge in [0.2, 0.25) is 0 Å². The van der Waals surface area contributed by atoms with Crippen molar-refractivity contribution in [1.82, 2.24) is 15.0 Å². The molecule has 0 unspecified atom stereocenters. The van der Waals surface area contributed by atoms with Crippen molar-refractivity contribution in [3.05, 3.63) is 42.0 Å². The van der Waals surface area contributed by atoms with Gasteiger partial charge in [-0.3, -0.25) is 0 Å². The van der Waals surface area contributed by atoms with Crippen molar-refractivity contribution in [1.29, 1.82) is 0 Å². The number of aromatic hydroxyl groups is 1. The molecule has 0 aliphatic carbocycles. The van der Waals surface area contributed by atoms with Gasteiger partial charge in [0, 0.05) is 18.2 Å². The second-order valence-corrected chi connectivity index (χ2v) is 4.62. The number of fused-ring (bicyclic) bond motifs is 1. The quantitative estimate of drug-likeness (QED) is 0.748. The normalized spacial score (nSPS) is 12.0. The third kappa shape index (κ3) is 2.20. The number of benzene rings is 2. The number of aryl methyl sites for hydroxylation is 1. The minimum atomic E-state index is -4.49. The maximum absolute atomic E-state index is 12.6. The molecule has 3 aromatic rings. The molecule has 3 rings (SSSR count). The van der Waals surface area contributed by atoms with Crippen molar-refractivity contribution in [3.63, 3.8) is 0 Å². The molecule has 0 bridgehead atoms. The summed E-state index contributed by atoms with van der Waals surface area (Å²) in [6, 6.07) is 8.09. The topological polar surface area (TPSA) is 50.9 Å². The molecule has 0 saturated carbocycles. The van der Waals surface area contributed by atoms with Gasteiger partial charge in [0.25, 0.3) is 0 Å². The number of aromatic nitrogens is 3. The van der Waals surface area contributed by atoms with Gasteiger partial charge in [0.1, 0.15) is 11.3 Å². The number of alkyl halides is 3. The highest BCUT2D eigenvalue weighted by atomic mass is 19.4. The van der Waals surface area contributed by atoms with Crippen LogP contribution in [0.1, 0.15) is 5.56 Å². The molecule has 0 saturated heterocycles. The number of halogens is 3. The fourth-order valence-electron chi connectivity index (χ4n) is 2.21. The molecule has 4 nitrogen and oxygen atoms in total. The van der Waals surface area contributed by atoms with E-state index in [4.69, 9.17) is 0 Å². The molecule has 0 radical (unpaired) electrons. The molecule has 0 spiro atoms. The van der Waals surface area contributed by atoms with Crippen LogP contribution in [-0.4, -0.2) is 20.1 Å². The van der Waals surface area contributed by atoms with Crippen LogP contribution in [0.2, 0.25) is 0 Å².